The van der Waals surface area contributed by atoms with Gasteiger partial charge in [0.25, 0.3) is 0 Å². The zero-order chi connectivity index (χ0) is 18.9. The molecule has 0 saturated heterocycles. The van der Waals surface area contributed by atoms with Crippen LogP contribution in [0.5, 0.6) is 0 Å². The topological polar surface area (TPSA) is 89.2 Å². The fraction of sp³-hybridized carbons (Fsp3) is 0.250. The molecular weight excluding hydrogens is 340 g/mol. The summed E-state index contributed by atoms with van der Waals surface area (Å²) in [6, 6.07) is 15.9. The van der Waals surface area contributed by atoms with Crippen molar-refractivity contribution in [1.82, 2.24) is 15.0 Å². The summed E-state index contributed by atoms with van der Waals surface area (Å²) in [5.74, 6) is 2.02. The van der Waals surface area contributed by atoms with Gasteiger partial charge >= 0.3 is 0 Å². The number of benzene rings is 1. The normalized spacial score (nSPS) is 10.6. The van der Waals surface area contributed by atoms with E-state index in [0.29, 0.717) is 30.5 Å². The molecule has 7 heteroatoms. The lowest BCUT2D eigenvalue weighted by molar-refractivity contribution is 0.198. The van der Waals surface area contributed by atoms with Gasteiger partial charge in [-0.05, 0) is 24.1 Å². The van der Waals surface area contributed by atoms with Gasteiger partial charge < -0.3 is 20.7 Å². The molecule has 2 aromatic heterocycles. The van der Waals surface area contributed by atoms with Crippen LogP contribution < -0.4 is 16.0 Å². The number of rotatable bonds is 9. The van der Waals surface area contributed by atoms with Crippen LogP contribution in [0.4, 0.5) is 23.1 Å². The maximum absolute atomic E-state index is 6.40. The van der Waals surface area contributed by atoms with Crippen molar-refractivity contribution in [3.63, 3.8) is 0 Å². The highest BCUT2D eigenvalue weighted by Gasteiger charge is 2.18. The predicted molar refractivity (Wildman–Crippen MR) is 108 cm³/mol. The lowest BCUT2D eigenvalue weighted by Gasteiger charge is -2.24. The second-order valence-corrected chi connectivity index (χ2v) is 5.99. The van der Waals surface area contributed by atoms with Crippen LogP contribution in [0.2, 0.25) is 0 Å². The van der Waals surface area contributed by atoms with E-state index in [-0.39, 0.29) is 0 Å². The van der Waals surface area contributed by atoms with E-state index in [2.05, 4.69) is 32.4 Å². The lowest BCUT2D eigenvalue weighted by atomic mass is 10.2. The fourth-order valence-electron chi connectivity index (χ4n) is 2.71. The highest BCUT2D eigenvalue weighted by Crippen LogP contribution is 2.32. The van der Waals surface area contributed by atoms with Crippen molar-refractivity contribution in [2.75, 3.05) is 36.2 Å². The van der Waals surface area contributed by atoms with Gasteiger partial charge in [0.1, 0.15) is 17.8 Å². The zero-order valence-electron chi connectivity index (χ0n) is 15.4. The number of aromatic nitrogens is 3. The summed E-state index contributed by atoms with van der Waals surface area (Å²) in [5, 5.41) is 3.26. The molecule has 0 aliphatic carbocycles. The van der Waals surface area contributed by atoms with Gasteiger partial charge in [0, 0.05) is 26.5 Å². The standard InChI is InChI=1S/C20H24N6O/c1-27-13-7-12-23-19-18(21)20(25-15-24-19)26(17-10-5-6-11-22-17)14-16-8-3-2-4-9-16/h2-6,8-11,15H,7,12-14,21H2,1H3,(H,23,24,25). The van der Waals surface area contributed by atoms with Gasteiger partial charge in [0.15, 0.2) is 11.6 Å². The van der Waals surface area contributed by atoms with Crippen molar-refractivity contribution >= 4 is 23.1 Å². The summed E-state index contributed by atoms with van der Waals surface area (Å²) in [5.41, 5.74) is 8.03. The summed E-state index contributed by atoms with van der Waals surface area (Å²) in [7, 11) is 1.69. The molecule has 2 heterocycles. The smallest absolute Gasteiger partial charge is 0.163 e. The summed E-state index contributed by atoms with van der Waals surface area (Å²) in [6.07, 6.45) is 4.14. The molecule has 0 bridgehead atoms. The Labute approximate surface area is 159 Å². The highest BCUT2D eigenvalue weighted by atomic mass is 16.5. The van der Waals surface area contributed by atoms with Gasteiger partial charge in [-0.15, -0.1) is 0 Å². The van der Waals surface area contributed by atoms with Crippen molar-refractivity contribution in [1.29, 1.82) is 0 Å². The Morgan fingerprint density at radius 1 is 1.04 bits per heavy atom. The van der Waals surface area contributed by atoms with Gasteiger partial charge in [0.2, 0.25) is 0 Å². The van der Waals surface area contributed by atoms with Crippen LogP contribution in [0.3, 0.4) is 0 Å². The number of pyridine rings is 1. The maximum Gasteiger partial charge on any atom is 0.163 e. The first-order chi connectivity index (χ1) is 13.3. The number of hydrogen-bond acceptors (Lipinski definition) is 7. The van der Waals surface area contributed by atoms with Crippen LogP contribution in [0.1, 0.15) is 12.0 Å². The van der Waals surface area contributed by atoms with Crippen LogP contribution in [0.15, 0.2) is 61.1 Å². The number of methoxy groups -OCH3 is 1. The first-order valence-electron chi connectivity index (χ1n) is 8.85. The Hall–Kier alpha value is -3.19. The van der Waals surface area contributed by atoms with E-state index in [9.17, 15) is 0 Å². The minimum Gasteiger partial charge on any atom is -0.393 e. The number of hydrogen-bond donors (Lipinski definition) is 2. The van der Waals surface area contributed by atoms with Gasteiger partial charge in [-0.1, -0.05) is 36.4 Å². The highest BCUT2D eigenvalue weighted by molar-refractivity contribution is 5.78. The fourth-order valence-corrected chi connectivity index (χ4v) is 2.71. The van der Waals surface area contributed by atoms with Gasteiger partial charge in [-0.3, -0.25) is 0 Å². The van der Waals surface area contributed by atoms with E-state index in [1.54, 1.807) is 13.3 Å². The van der Waals surface area contributed by atoms with Crippen LogP contribution >= 0.6 is 0 Å². The van der Waals surface area contributed by atoms with Crippen molar-refractivity contribution in [3.05, 3.63) is 66.6 Å². The number of nitrogens with one attached hydrogen (secondary N) is 1. The third-order valence-corrected chi connectivity index (χ3v) is 4.05. The van der Waals surface area contributed by atoms with Crippen LogP contribution in [0.25, 0.3) is 0 Å². The average Bonchev–Trinajstić information content (AvgIpc) is 2.72. The summed E-state index contributed by atoms with van der Waals surface area (Å²) >= 11 is 0. The maximum atomic E-state index is 6.40. The second-order valence-electron chi connectivity index (χ2n) is 5.99. The Morgan fingerprint density at radius 2 is 1.85 bits per heavy atom. The van der Waals surface area contributed by atoms with Crippen molar-refractivity contribution in [2.45, 2.75) is 13.0 Å². The molecule has 0 saturated carbocycles. The molecule has 3 rings (SSSR count). The average molecular weight is 364 g/mol. The van der Waals surface area contributed by atoms with Crippen molar-refractivity contribution in [3.8, 4) is 0 Å². The van der Waals surface area contributed by atoms with Crippen molar-refractivity contribution < 1.29 is 4.74 Å². The second kappa shape index (κ2) is 9.49. The molecule has 0 atom stereocenters. The number of nitrogens with two attached hydrogens (primary N) is 1. The van der Waals surface area contributed by atoms with E-state index in [4.69, 9.17) is 10.5 Å². The molecule has 3 N–H and O–H groups in total. The molecule has 0 radical (unpaired) electrons. The minimum absolute atomic E-state index is 0.497. The van der Waals surface area contributed by atoms with E-state index in [0.717, 1.165) is 24.3 Å². The summed E-state index contributed by atoms with van der Waals surface area (Å²) in [4.78, 5) is 15.2. The van der Waals surface area contributed by atoms with E-state index in [1.807, 2.05) is 41.3 Å². The number of anilines is 4. The monoisotopic (exact) mass is 364 g/mol. The van der Waals surface area contributed by atoms with Crippen LogP contribution in [0, 0.1) is 0 Å². The molecule has 0 fully saturated rings. The lowest BCUT2D eigenvalue weighted by Crippen LogP contribution is -2.21. The number of nitrogens with zero attached hydrogens (tertiary/aromatic N) is 4. The van der Waals surface area contributed by atoms with Crippen molar-refractivity contribution in [2.24, 2.45) is 0 Å². The molecule has 27 heavy (non-hydrogen) atoms. The molecule has 0 aliphatic rings. The molecule has 0 amide bonds. The Balaban J connectivity index is 1.90. The molecule has 7 nitrogen and oxygen atoms in total. The first-order valence-corrected chi connectivity index (χ1v) is 8.85. The third-order valence-electron chi connectivity index (χ3n) is 4.05. The molecular formula is C20H24N6O. The quantitative estimate of drug-likeness (QED) is 0.563. The molecule has 0 spiro atoms. The number of ether oxygens (including phenoxy) is 1. The SMILES string of the molecule is COCCCNc1ncnc(N(Cc2ccccc2)c2ccccn2)c1N. The Kier molecular flexibility index (Phi) is 6.54. The summed E-state index contributed by atoms with van der Waals surface area (Å²) in [6.45, 7) is 2.00. The predicted octanol–water partition coefficient (Wildman–Crippen LogP) is 3.24. The first kappa shape index (κ1) is 18.6. The van der Waals surface area contributed by atoms with Crippen LogP contribution in [-0.2, 0) is 11.3 Å². The minimum atomic E-state index is 0.497. The molecule has 140 valence electrons. The van der Waals surface area contributed by atoms with Gasteiger partial charge in [-0.2, -0.15) is 0 Å². The van der Waals surface area contributed by atoms with E-state index >= 15 is 0 Å². The molecule has 0 unspecified atom stereocenters. The molecule has 1 aromatic carbocycles. The molecule has 3 aromatic rings. The van der Waals surface area contributed by atoms with E-state index in [1.165, 1.54) is 6.33 Å². The largest absolute Gasteiger partial charge is 0.393 e. The Bertz CT molecular complexity index is 828. The zero-order valence-corrected chi connectivity index (χ0v) is 15.4. The van der Waals surface area contributed by atoms with E-state index < -0.39 is 0 Å². The van der Waals surface area contributed by atoms with Gasteiger partial charge in [-0.25, -0.2) is 15.0 Å². The van der Waals surface area contributed by atoms with Gasteiger partial charge in [0.05, 0.1) is 6.54 Å². The molecule has 0 aliphatic heterocycles. The Morgan fingerprint density at radius 3 is 2.59 bits per heavy atom. The third kappa shape index (κ3) is 4.92. The van der Waals surface area contributed by atoms with Crippen LogP contribution in [-0.4, -0.2) is 35.2 Å². The summed E-state index contributed by atoms with van der Waals surface area (Å²) < 4.78 is 5.08. The number of nitrogen functional groups attached to an aromatic ring is 1.